The Hall–Kier alpha value is -0.840. The van der Waals surface area contributed by atoms with E-state index in [0.717, 1.165) is 24.1 Å². The van der Waals surface area contributed by atoms with Crippen molar-refractivity contribution in [3.05, 3.63) is 33.8 Å². The van der Waals surface area contributed by atoms with Crippen LogP contribution < -0.4 is 0 Å². The number of hydrogen-bond acceptors (Lipinski definition) is 3. The Labute approximate surface area is 122 Å². The van der Waals surface area contributed by atoms with Gasteiger partial charge in [0.05, 0.1) is 6.21 Å². The fourth-order valence-corrected chi connectivity index (χ4v) is 2.55. The quantitative estimate of drug-likeness (QED) is 0.611. The first-order valence-electron chi connectivity index (χ1n) is 6.16. The van der Waals surface area contributed by atoms with E-state index in [1.165, 1.54) is 5.56 Å². The lowest BCUT2D eigenvalue weighted by atomic mass is 9.98. The van der Waals surface area contributed by atoms with Crippen molar-refractivity contribution in [2.75, 3.05) is 6.54 Å². The summed E-state index contributed by atoms with van der Waals surface area (Å²) < 4.78 is 15.7. The van der Waals surface area contributed by atoms with Crippen LogP contribution in [0.5, 0.6) is 0 Å². The van der Waals surface area contributed by atoms with Crippen molar-refractivity contribution in [1.82, 2.24) is 0 Å². The Morgan fingerprint density at radius 1 is 1.42 bits per heavy atom. The molecule has 1 aliphatic rings. The predicted octanol–water partition coefficient (Wildman–Crippen LogP) is 3.20. The van der Waals surface area contributed by atoms with Crippen LogP contribution >= 0.6 is 11.6 Å². The van der Waals surface area contributed by atoms with Gasteiger partial charge in [0, 0.05) is 28.9 Å². The van der Waals surface area contributed by atoms with E-state index in [9.17, 15) is 4.55 Å². The molecule has 3 nitrogen and oxygen atoms in total. The highest BCUT2D eigenvalue weighted by Gasteiger charge is 2.26. The molecule has 1 aromatic rings. The first-order valence-corrected chi connectivity index (χ1v) is 7.65. The maximum absolute atomic E-state index is 11.9. The van der Waals surface area contributed by atoms with Crippen LogP contribution in [0.25, 0.3) is 0 Å². The zero-order valence-corrected chi connectivity index (χ0v) is 12.9. The maximum atomic E-state index is 11.9. The van der Waals surface area contributed by atoms with E-state index in [2.05, 4.69) is 9.39 Å². The minimum Gasteiger partial charge on any atom is -0.591 e. The van der Waals surface area contributed by atoms with E-state index in [1.807, 2.05) is 39.1 Å². The summed E-state index contributed by atoms with van der Waals surface area (Å²) in [5, 5.41) is 0.678. The summed E-state index contributed by atoms with van der Waals surface area (Å²) in [6.07, 6.45) is 4.37. The normalized spacial score (nSPS) is 16.7. The van der Waals surface area contributed by atoms with Gasteiger partial charge in [-0.1, -0.05) is 16.0 Å². The Morgan fingerprint density at radius 2 is 2.16 bits per heavy atom. The molecule has 0 spiro atoms. The molecule has 1 heterocycles. The molecular weight excluding hydrogens is 280 g/mol. The molecule has 0 fully saturated rings. The second-order valence-corrected chi connectivity index (χ2v) is 7.82. The average molecular weight is 297 g/mol. The predicted molar refractivity (Wildman–Crippen MR) is 83.1 cm³/mol. The molecule has 0 N–H and O–H groups in total. The third kappa shape index (κ3) is 3.59. The van der Waals surface area contributed by atoms with Crippen molar-refractivity contribution in [1.29, 1.82) is 0 Å². The van der Waals surface area contributed by atoms with Gasteiger partial charge in [0.15, 0.2) is 0 Å². The molecular formula is C14H17ClN2OS. The fourth-order valence-electron chi connectivity index (χ4n) is 1.77. The number of aliphatic imine (C=N–C) groups is 1. The van der Waals surface area contributed by atoms with Crippen LogP contribution in [0.2, 0.25) is 5.02 Å². The Balaban J connectivity index is 2.34. The van der Waals surface area contributed by atoms with Crippen LogP contribution in [-0.4, -0.2) is 28.3 Å². The standard InChI is InChI=1S/C14H17ClN2OS/c1-14(2,3)19(18)17-8-11-7-12(15)6-10-4-5-16-9-13(10)11/h6-9H,4-5H2,1-3H3. The van der Waals surface area contributed by atoms with Crippen molar-refractivity contribution in [3.8, 4) is 0 Å². The Kier molecular flexibility index (Phi) is 4.33. The fraction of sp³-hybridized carbons (Fsp3) is 0.429. The number of rotatable bonds is 2. The van der Waals surface area contributed by atoms with Crippen LogP contribution in [0, 0.1) is 0 Å². The highest BCUT2D eigenvalue weighted by molar-refractivity contribution is 7.91. The van der Waals surface area contributed by atoms with Crippen LogP contribution in [0.1, 0.15) is 37.5 Å². The lowest BCUT2D eigenvalue weighted by molar-refractivity contribution is 0.562. The van der Waals surface area contributed by atoms with Gasteiger partial charge < -0.3 is 4.55 Å². The first kappa shape index (κ1) is 14.6. The third-order valence-electron chi connectivity index (χ3n) is 2.80. The first-order chi connectivity index (χ1) is 8.88. The molecule has 5 heteroatoms. The number of nitrogens with zero attached hydrogens (tertiary/aromatic N) is 2. The minimum absolute atomic E-state index is 0.358. The molecule has 2 rings (SSSR count). The van der Waals surface area contributed by atoms with Gasteiger partial charge in [-0.2, -0.15) is 0 Å². The summed E-state index contributed by atoms with van der Waals surface area (Å²) in [6, 6.07) is 3.79. The van der Waals surface area contributed by atoms with E-state index in [1.54, 1.807) is 6.21 Å². The molecule has 0 saturated carbocycles. The van der Waals surface area contributed by atoms with Gasteiger partial charge in [-0.15, -0.1) is 0 Å². The van der Waals surface area contributed by atoms with Crippen molar-refractivity contribution < 1.29 is 4.55 Å². The van der Waals surface area contributed by atoms with Gasteiger partial charge in [0.25, 0.3) is 0 Å². The monoisotopic (exact) mass is 296 g/mol. The molecule has 0 bridgehead atoms. The second-order valence-electron chi connectivity index (χ2n) is 5.45. The summed E-state index contributed by atoms with van der Waals surface area (Å²) in [7, 11) is 0. The molecule has 0 amide bonds. The van der Waals surface area contributed by atoms with Crippen molar-refractivity contribution in [2.45, 2.75) is 31.9 Å². The zero-order chi connectivity index (χ0) is 14.0. The van der Waals surface area contributed by atoms with E-state index in [-0.39, 0.29) is 4.75 Å². The topological polar surface area (TPSA) is 47.8 Å². The minimum atomic E-state index is -1.26. The van der Waals surface area contributed by atoms with Crippen LogP contribution in [0.15, 0.2) is 21.5 Å². The molecule has 1 atom stereocenters. The smallest absolute Gasteiger partial charge is 0.144 e. The summed E-state index contributed by atoms with van der Waals surface area (Å²) in [5.74, 6) is 0. The van der Waals surface area contributed by atoms with E-state index < -0.39 is 11.4 Å². The molecule has 1 aromatic carbocycles. The number of hydrogen-bond donors (Lipinski definition) is 0. The number of halogens is 1. The van der Waals surface area contributed by atoms with Gasteiger partial charge in [-0.3, -0.25) is 4.99 Å². The summed E-state index contributed by atoms with van der Waals surface area (Å²) >= 11 is 4.84. The van der Waals surface area contributed by atoms with Crippen LogP contribution in [-0.2, 0) is 17.8 Å². The molecule has 1 unspecified atom stereocenters. The molecule has 1 aliphatic heterocycles. The molecule has 0 radical (unpaired) electrons. The van der Waals surface area contributed by atoms with Gasteiger partial charge >= 0.3 is 0 Å². The highest BCUT2D eigenvalue weighted by Crippen LogP contribution is 2.23. The van der Waals surface area contributed by atoms with Gasteiger partial charge in [0.2, 0.25) is 0 Å². The van der Waals surface area contributed by atoms with Crippen molar-refractivity contribution in [3.63, 3.8) is 0 Å². The van der Waals surface area contributed by atoms with Gasteiger partial charge in [-0.05, 0) is 44.9 Å². The number of fused-ring (bicyclic) bond motifs is 1. The third-order valence-corrected chi connectivity index (χ3v) is 4.37. The number of benzene rings is 1. The summed E-state index contributed by atoms with van der Waals surface area (Å²) in [6.45, 7) is 6.48. The average Bonchev–Trinajstić information content (AvgIpc) is 2.34. The lowest BCUT2D eigenvalue weighted by Crippen LogP contribution is -2.25. The maximum Gasteiger partial charge on any atom is 0.144 e. The highest BCUT2D eigenvalue weighted by atomic mass is 35.5. The van der Waals surface area contributed by atoms with Crippen LogP contribution in [0.3, 0.4) is 0 Å². The summed E-state index contributed by atoms with van der Waals surface area (Å²) in [4.78, 5) is 4.28. The summed E-state index contributed by atoms with van der Waals surface area (Å²) in [5.41, 5.74) is 3.08. The Bertz CT molecular complexity index is 535. The van der Waals surface area contributed by atoms with E-state index >= 15 is 0 Å². The van der Waals surface area contributed by atoms with Crippen LogP contribution in [0.4, 0.5) is 0 Å². The largest absolute Gasteiger partial charge is 0.591 e. The van der Waals surface area contributed by atoms with E-state index in [0.29, 0.717) is 5.02 Å². The zero-order valence-electron chi connectivity index (χ0n) is 11.3. The molecule has 19 heavy (non-hydrogen) atoms. The second kappa shape index (κ2) is 5.65. The molecule has 0 aromatic heterocycles. The molecule has 102 valence electrons. The van der Waals surface area contributed by atoms with Gasteiger partial charge in [0.1, 0.15) is 16.1 Å². The van der Waals surface area contributed by atoms with E-state index in [4.69, 9.17) is 11.6 Å². The van der Waals surface area contributed by atoms with Crippen molar-refractivity contribution >= 4 is 35.4 Å². The molecule has 0 aliphatic carbocycles. The van der Waals surface area contributed by atoms with Crippen molar-refractivity contribution in [2.24, 2.45) is 9.39 Å². The Morgan fingerprint density at radius 3 is 2.84 bits per heavy atom. The molecule has 0 saturated heterocycles. The van der Waals surface area contributed by atoms with Gasteiger partial charge in [-0.25, -0.2) is 0 Å². The lowest BCUT2D eigenvalue weighted by Gasteiger charge is -2.18. The SMILES string of the molecule is CC(C)(C)[S+]([O-])N=Cc1cc(Cl)cc2c1C=NCC2.